The van der Waals surface area contributed by atoms with Crippen LogP contribution >= 0.6 is 22.7 Å². The molecule has 0 aliphatic heterocycles. The summed E-state index contributed by atoms with van der Waals surface area (Å²) in [5, 5.41) is 28.0. The van der Waals surface area contributed by atoms with Crippen molar-refractivity contribution in [2.75, 3.05) is 0 Å². The molecule has 34 heavy (non-hydrogen) atoms. The van der Waals surface area contributed by atoms with Crippen LogP contribution in [0.4, 0.5) is 0 Å². The molecule has 6 heteroatoms. The van der Waals surface area contributed by atoms with Crippen molar-refractivity contribution >= 4 is 28.2 Å². The Kier molecular flexibility index (Phi) is 5.81. The Morgan fingerprint density at radius 1 is 0.706 bits per heavy atom. The Morgan fingerprint density at radius 2 is 1.35 bits per heavy atom. The van der Waals surface area contributed by atoms with E-state index < -0.39 is 0 Å². The first-order valence-electron chi connectivity index (χ1n) is 10.5. The molecular weight excluding hydrogens is 456 g/mol. The van der Waals surface area contributed by atoms with Crippen LogP contribution in [-0.4, -0.2) is 4.57 Å². The lowest BCUT2D eigenvalue weighted by molar-refractivity contribution is 1.10. The molecule has 0 radical (unpaired) electrons. The molecular formula is C28H16N4S2. The minimum Gasteiger partial charge on any atom is -0.308 e. The largest absolute Gasteiger partial charge is 0.308 e. The van der Waals surface area contributed by atoms with Gasteiger partial charge in [-0.05, 0) is 48.5 Å². The summed E-state index contributed by atoms with van der Waals surface area (Å²) in [7, 11) is 0. The predicted molar refractivity (Wildman–Crippen MR) is 137 cm³/mol. The van der Waals surface area contributed by atoms with Crippen molar-refractivity contribution < 1.29 is 0 Å². The van der Waals surface area contributed by atoms with E-state index in [2.05, 4.69) is 65.3 Å². The number of rotatable bonds is 5. The molecule has 0 amide bonds. The first kappa shape index (κ1) is 21.4. The smallest absolute Gasteiger partial charge is 0.148 e. The maximum absolute atomic E-state index is 9.55. The maximum atomic E-state index is 9.55. The van der Waals surface area contributed by atoms with Crippen LogP contribution in [0.25, 0.3) is 32.4 Å². The average molecular weight is 473 g/mol. The van der Waals surface area contributed by atoms with Crippen LogP contribution in [0.15, 0.2) is 96.6 Å². The van der Waals surface area contributed by atoms with Gasteiger partial charge in [-0.25, -0.2) is 0 Å². The quantitative estimate of drug-likeness (QED) is 0.283. The highest BCUT2D eigenvalue weighted by atomic mass is 32.1. The maximum Gasteiger partial charge on any atom is 0.148 e. The minimum absolute atomic E-state index is 0.111. The van der Waals surface area contributed by atoms with Crippen molar-refractivity contribution in [2.45, 2.75) is 5.92 Å². The fourth-order valence-electron chi connectivity index (χ4n) is 3.95. The SMILES string of the molecule is N#CC(C#N)=C(C#N)c1ccc(-c2ccc(-c3ccc(C4C=CC=C4)s3)n2-c2ccccc2)s1. The van der Waals surface area contributed by atoms with Gasteiger partial charge in [-0.15, -0.1) is 22.7 Å². The second kappa shape index (κ2) is 9.22. The van der Waals surface area contributed by atoms with Crippen molar-refractivity contribution in [1.29, 1.82) is 15.8 Å². The molecule has 0 unspecified atom stereocenters. The molecule has 5 rings (SSSR count). The highest BCUT2D eigenvalue weighted by molar-refractivity contribution is 7.16. The predicted octanol–water partition coefficient (Wildman–Crippen LogP) is 7.47. The fraction of sp³-hybridized carbons (Fsp3) is 0.0357. The first-order chi connectivity index (χ1) is 16.7. The lowest BCUT2D eigenvalue weighted by Gasteiger charge is -2.12. The number of nitrogens with zero attached hydrogens (tertiary/aromatic N) is 4. The van der Waals surface area contributed by atoms with E-state index in [0.29, 0.717) is 10.8 Å². The van der Waals surface area contributed by atoms with Crippen LogP contribution < -0.4 is 0 Å². The lowest BCUT2D eigenvalue weighted by Crippen LogP contribution is -1.97. The van der Waals surface area contributed by atoms with Gasteiger partial charge in [-0.2, -0.15) is 15.8 Å². The number of nitriles is 3. The van der Waals surface area contributed by atoms with Crippen LogP contribution in [0, 0.1) is 34.0 Å². The van der Waals surface area contributed by atoms with E-state index in [-0.39, 0.29) is 11.1 Å². The number of benzene rings is 1. The van der Waals surface area contributed by atoms with Crippen molar-refractivity contribution in [1.82, 2.24) is 4.57 Å². The molecule has 1 aliphatic carbocycles. The van der Waals surface area contributed by atoms with Crippen molar-refractivity contribution in [3.8, 4) is 45.0 Å². The Morgan fingerprint density at radius 3 is 2.00 bits per heavy atom. The normalized spacial score (nSPS) is 12.3. The van der Waals surface area contributed by atoms with Crippen LogP contribution in [-0.2, 0) is 0 Å². The third-order valence-corrected chi connectivity index (χ3v) is 7.88. The molecule has 1 aliphatic rings. The highest BCUT2D eigenvalue weighted by Gasteiger charge is 2.19. The highest BCUT2D eigenvalue weighted by Crippen LogP contribution is 2.41. The number of allylic oxidation sites excluding steroid dienone is 6. The number of hydrogen-bond acceptors (Lipinski definition) is 5. The molecule has 1 aromatic carbocycles. The van der Waals surface area contributed by atoms with Crippen LogP contribution in [0.1, 0.15) is 15.7 Å². The van der Waals surface area contributed by atoms with Gasteiger partial charge in [0.15, 0.2) is 0 Å². The van der Waals surface area contributed by atoms with Gasteiger partial charge in [0, 0.05) is 21.4 Å². The van der Waals surface area contributed by atoms with Gasteiger partial charge < -0.3 is 4.57 Å². The monoisotopic (exact) mass is 472 g/mol. The standard InChI is InChI=1S/C28H16N4S2/c29-16-20(17-30)22(18-31)26-13-15-28(34-26)24-11-10-23(32(24)21-8-2-1-3-9-21)27-14-12-25(33-27)19-6-4-5-7-19/h1-15,19H. The van der Waals surface area contributed by atoms with E-state index in [1.54, 1.807) is 17.4 Å². The molecule has 0 N–H and O–H groups in total. The van der Waals surface area contributed by atoms with Gasteiger partial charge in [0.25, 0.3) is 0 Å². The third-order valence-electron chi connectivity index (χ3n) is 5.54. The fourth-order valence-corrected chi connectivity index (χ4v) is 6.05. The Bertz CT molecular complexity index is 1560. The molecule has 0 fully saturated rings. The number of thiophene rings is 2. The molecule has 3 aromatic heterocycles. The zero-order valence-electron chi connectivity index (χ0n) is 17.8. The molecule has 0 atom stereocenters. The van der Waals surface area contributed by atoms with E-state index in [4.69, 9.17) is 0 Å². The summed E-state index contributed by atoms with van der Waals surface area (Å²) in [6.45, 7) is 0. The van der Waals surface area contributed by atoms with Crippen LogP contribution in [0.3, 0.4) is 0 Å². The number of hydrogen-bond donors (Lipinski definition) is 0. The number of aromatic nitrogens is 1. The molecule has 4 nitrogen and oxygen atoms in total. The summed E-state index contributed by atoms with van der Waals surface area (Å²) in [5.41, 5.74) is 3.05. The first-order valence-corrected chi connectivity index (χ1v) is 12.1. The minimum atomic E-state index is -0.170. The van der Waals surface area contributed by atoms with E-state index in [1.165, 1.54) is 21.1 Å². The summed E-state index contributed by atoms with van der Waals surface area (Å²) >= 11 is 3.18. The van der Waals surface area contributed by atoms with Gasteiger partial charge in [0.1, 0.15) is 23.8 Å². The van der Waals surface area contributed by atoms with Crippen LogP contribution in [0.5, 0.6) is 0 Å². The molecule has 3 heterocycles. The third kappa shape index (κ3) is 3.81. The summed E-state index contributed by atoms with van der Waals surface area (Å²) in [4.78, 5) is 4.03. The summed E-state index contributed by atoms with van der Waals surface area (Å²) < 4.78 is 2.22. The molecule has 0 spiro atoms. The molecule has 0 saturated carbocycles. The Balaban J connectivity index is 1.63. The van der Waals surface area contributed by atoms with E-state index in [9.17, 15) is 15.8 Å². The van der Waals surface area contributed by atoms with E-state index in [0.717, 1.165) is 22.0 Å². The zero-order chi connectivity index (χ0) is 23.5. The van der Waals surface area contributed by atoms with Crippen molar-refractivity contribution in [3.05, 3.63) is 106 Å². The number of para-hydroxylation sites is 1. The van der Waals surface area contributed by atoms with Gasteiger partial charge >= 0.3 is 0 Å². The van der Waals surface area contributed by atoms with Gasteiger partial charge in [-0.3, -0.25) is 0 Å². The van der Waals surface area contributed by atoms with Gasteiger partial charge in [-0.1, -0.05) is 42.5 Å². The summed E-state index contributed by atoms with van der Waals surface area (Å²) in [6, 6.07) is 28.1. The molecule has 160 valence electrons. The summed E-state index contributed by atoms with van der Waals surface area (Å²) in [6.07, 6.45) is 8.55. The summed E-state index contributed by atoms with van der Waals surface area (Å²) in [5.74, 6) is 0.323. The second-order valence-electron chi connectivity index (χ2n) is 7.52. The van der Waals surface area contributed by atoms with Crippen LogP contribution in [0.2, 0.25) is 0 Å². The Labute approximate surface area is 205 Å². The molecule has 0 saturated heterocycles. The topological polar surface area (TPSA) is 76.3 Å². The van der Waals surface area contributed by atoms with E-state index in [1.807, 2.05) is 42.5 Å². The van der Waals surface area contributed by atoms with Gasteiger partial charge in [0.05, 0.1) is 26.7 Å². The van der Waals surface area contributed by atoms with E-state index >= 15 is 0 Å². The second-order valence-corrected chi connectivity index (χ2v) is 9.72. The van der Waals surface area contributed by atoms with Crippen molar-refractivity contribution in [3.63, 3.8) is 0 Å². The Hall–Kier alpha value is -4.41. The zero-order valence-corrected chi connectivity index (χ0v) is 19.5. The average Bonchev–Trinajstić information content (AvgIpc) is 3.68. The lowest BCUT2D eigenvalue weighted by atomic mass is 10.1. The molecule has 4 aromatic rings. The molecule has 0 bridgehead atoms. The van der Waals surface area contributed by atoms with Gasteiger partial charge in [0.2, 0.25) is 0 Å². The van der Waals surface area contributed by atoms with Crippen molar-refractivity contribution in [2.24, 2.45) is 0 Å².